The highest BCUT2D eigenvalue weighted by Gasteiger charge is 2.26. The van der Waals surface area contributed by atoms with Gasteiger partial charge in [0.25, 0.3) is 0 Å². The molecule has 0 saturated heterocycles. The number of hydrogen-bond donors (Lipinski definition) is 1. The number of carbonyl (C=O) groups is 1. The Hall–Kier alpha value is -2.65. The van der Waals surface area contributed by atoms with Crippen molar-refractivity contribution in [1.82, 2.24) is 4.98 Å². The van der Waals surface area contributed by atoms with Crippen molar-refractivity contribution in [3.05, 3.63) is 94.3 Å². The van der Waals surface area contributed by atoms with Gasteiger partial charge >= 0.3 is 0 Å². The third-order valence-electron chi connectivity index (χ3n) is 4.09. The topological polar surface area (TPSA) is 32.9 Å². The molecule has 2 nitrogen and oxygen atoms in total. The number of nitrogens with one attached hydrogen (secondary N) is 1. The quantitative estimate of drug-likeness (QED) is 0.513. The first-order valence-corrected chi connectivity index (χ1v) is 8.41. The number of hydrogen-bond acceptors (Lipinski definition) is 2. The predicted molar refractivity (Wildman–Crippen MR) is 95.2 cm³/mol. The number of carbonyl (C=O) groups excluding carboxylic acids is 1. The Morgan fingerprint density at radius 1 is 0.913 bits per heavy atom. The number of fused-ring (bicyclic) bond motifs is 1. The van der Waals surface area contributed by atoms with E-state index >= 15 is 0 Å². The highest BCUT2D eigenvalue weighted by molar-refractivity contribution is 7.12. The van der Waals surface area contributed by atoms with Gasteiger partial charge in [0.2, 0.25) is 0 Å². The molecule has 1 N–H and O–H groups in total. The summed E-state index contributed by atoms with van der Waals surface area (Å²) in [4.78, 5) is 17.2. The Labute approximate surface area is 138 Å². The van der Waals surface area contributed by atoms with Crippen LogP contribution in [-0.2, 0) is 0 Å². The van der Waals surface area contributed by atoms with Crippen molar-refractivity contribution in [1.29, 1.82) is 0 Å². The number of rotatable bonds is 4. The Balaban J connectivity index is 1.91. The van der Waals surface area contributed by atoms with Crippen LogP contribution in [0.25, 0.3) is 10.9 Å². The first-order chi connectivity index (χ1) is 11.3. The van der Waals surface area contributed by atoms with Crippen molar-refractivity contribution in [2.45, 2.75) is 5.92 Å². The molecule has 0 fully saturated rings. The maximum atomic E-state index is 13.1. The molecule has 1 unspecified atom stereocenters. The monoisotopic (exact) mass is 317 g/mol. The van der Waals surface area contributed by atoms with E-state index in [4.69, 9.17) is 0 Å². The number of H-pyrrole nitrogens is 1. The number of thiophene rings is 1. The molecule has 0 amide bonds. The van der Waals surface area contributed by atoms with E-state index in [1.807, 2.05) is 72.2 Å². The zero-order chi connectivity index (χ0) is 15.6. The minimum absolute atomic E-state index is 0.149. The zero-order valence-electron chi connectivity index (χ0n) is 12.4. The van der Waals surface area contributed by atoms with Gasteiger partial charge in [-0.25, -0.2) is 0 Å². The summed E-state index contributed by atoms with van der Waals surface area (Å²) < 4.78 is 0. The van der Waals surface area contributed by atoms with Crippen molar-refractivity contribution >= 4 is 28.0 Å². The molecule has 0 saturated carbocycles. The average Bonchev–Trinajstić information content (AvgIpc) is 3.26. The number of ketones is 1. The molecule has 0 aliphatic rings. The zero-order valence-corrected chi connectivity index (χ0v) is 13.2. The van der Waals surface area contributed by atoms with E-state index in [9.17, 15) is 4.79 Å². The maximum absolute atomic E-state index is 13.1. The minimum Gasteiger partial charge on any atom is -0.361 e. The molecule has 4 aromatic rings. The Morgan fingerprint density at radius 2 is 1.70 bits per heavy atom. The SMILES string of the molecule is O=C(c1cccs1)C(c1ccccc1)c1c[nH]c2ccccc12. The van der Waals surface area contributed by atoms with E-state index in [0.29, 0.717) is 0 Å². The van der Waals surface area contributed by atoms with Crippen molar-refractivity contribution in [2.75, 3.05) is 0 Å². The van der Waals surface area contributed by atoms with Crippen LogP contribution in [0.5, 0.6) is 0 Å². The summed E-state index contributed by atoms with van der Waals surface area (Å²) in [6.45, 7) is 0. The first-order valence-electron chi connectivity index (χ1n) is 7.53. The first kappa shape index (κ1) is 14.0. The molecule has 0 radical (unpaired) electrons. The number of benzene rings is 2. The van der Waals surface area contributed by atoms with E-state index in [1.165, 1.54) is 11.3 Å². The van der Waals surface area contributed by atoms with Crippen LogP contribution in [0.1, 0.15) is 26.7 Å². The van der Waals surface area contributed by atoms with Gasteiger partial charge in [0, 0.05) is 17.1 Å². The van der Waals surface area contributed by atoms with Crippen LogP contribution >= 0.6 is 11.3 Å². The van der Waals surface area contributed by atoms with Gasteiger partial charge in [-0.15, -0.1) is 11.3 Å². The second-order valence-electron chi connectivity index (χ2n) is 5.47. The standard InChI is InChI=1S/C20H15NOS/c22-20(18-11-6-12-23-18)19(14-7-2-1-3-8-14)16-13-21-17-10-5-4-9-15(16)17/h1-13,19,21H. The number of aromatic nitrogens is 1. The molecular formula is C20H15NOS. The molecule has 0 aliphatic heterocycles. The smallest absolute Gasteiger partial charge is 0.184 e. The normalized spacial score (nSPS) is 12.3. The van der Waals surface area contributed by atoms with Gasteiger partial charge in [-0.1, -0.05) is 54.6 Å². The fourth-order valence-corrected chi connectivity index (χ4v) is 3.71. The molecule has 2 aromatic heterocycles. The molecule has 1 atom stereocenters. The highest BCUT2D eigenvalue weighted by atomic mass is 32.1. The number of para-hydroxylation sites is 1. The van der Waals surface area contributed by atoms with Crippen molar-refractivity contribution < 1.29 is 4.79 Å². The molecule has 0 spiro atoms. The summed E-state index contributed by atoms with van der Waals surface area (Å²) in [6.07, 6.45) is 1.97. The minimum atomic E-state index is -0.286. The predicted octanol–water partition coefficient (Wildman–Crippen LogP) is 5.24. The van der Waals surface area contributed by atoms with E-state index in [0.717, 1.165) is 26.9 Å². The molecule has 112 valence electrons. The van der Waals surface area contributed by atoms with E-state index in [1.54, 1.807) is 0 Å². The highest BCUT2D eigenvalue weighted by Crippen LogP contribution is 2.34. The van der Waals surface area contributed by atoms with Gasteiger partial charge in [0.1, 0.15) is 0 Å². The van der Waals surface area contributed by atoms with Gasteiger partial charge < -0.3 is 4.98 Å². The van der Waals surface area contributed by atoms with Gasteiger partial charge in [-0.3, -0.25) is 4.79 Å². The van der Waals surface area contributed by atoms with Crippen LogP contribution in [0, 0.1) is 0 Å². The molecule has 2 heterocycles. The fraction of sp³-hybridized carbons (Fsp3) is 0.0500. The summed E-state index contributed by atoms with van der Waals surface area (Å²) in [6, 6.07) is 21.9. The van der Waals surface area contributed by atoms with Crippen LogP contribution in [-0.4, -0.2) is 10.8 Å². The second kappa shape index (κ2) is 5.86. The van der Waals surface area contributed by atoms with E-state index in [2.05, 4.69) is 11.1 Å². The van der Waals surface area contributed by atoms with Crippen LogP contribution in [0.2, 0.25) is 0 Å². The Bertz CT molecular complexity index is 938. The summed E-state index contributed by atoms with van der Waals surface area (Å²) in [5, 5.41) is 3.05. The van der Waals surface area contributed by atoms with E-state index in [-0.39, 0.29) is 11.7 Å². The van der Waals surface area contributed by atoms with Crippen molar-refractivity contribution in [3.8, 4) is 0 Å². The third-order valence-corrected chi connectivity index (χ3v) is 4.98. The summed E-state index contributed by atoms with van der Waals surface area (Å²) in [5.74, 6) is -0.137. The Morgan fingerprint density at radius 3 is 2.48 bits per heavy atom. The van der Waals surface area contributed by atoms with Crippen molar-refractivity contribution in [3.63, 3.8) is 0 Å². The van der Waals surface area contributed by atoms with Crippen molar-refractivity contribution in [2.24, 2.45) is 0 Å². The number of aromatic amines is 1. The molecule has 0 aliphatic carbocycles. The molecule has 2 aromatic carbocycles. The fourth-order valence-electron chi connectivity index (χ4n) is 3.01. The van der Waals surface area contributed by atoms with Gasteiger partial charge in [-0.2, -0.15) is 0 Å². The lowest BCUT2D eigenvalue weighted by molar-refractivity contribution is 0.0978. The van der Waals surface area contributed by atoms with Gasteiger partial charge in [-0.05, 0) is 28.6 Å². The molecule has 4 rings (SSSR count). The second-order valence-corrected chi connectivity index (χ2v) is 6.42. The Kier molecular flexibility index (Phi) is 3.56. The lowest BCUT2D eigenvalue weighted by atomic mass is 9.87. The third kappa shape index (κ3) is 2.49. The van der Waals surface area contributed by atoms with Crippen LogP contribution in [0.15, 0.2) is 78.3 Å². The van der Waals surface area contributed by atoms with Gasteiger partial charge in [0.15, 0.2) is 5.78 Å². The molecular weight excluding hydrogens is 302 g/mol. The largest absolute Gasteiger partial charge is 0.361 e. The van der Waals surface area contributed by atoms with Crippen LogP contribution in [0.3, 0.4) is 0 Å². The maximum Gasteiger partial charge on any atom is 0.184 e. The van der Waals surface area contributed by atoms with Crippen LogP contribution in [0.4, 0.5) is 0 Å². The lowest BCUT2D eigenvalue weighted by Gasteiger charge is -2.15. The lowest BCUT2D eigenvalue weighted by Crippen LogP contribution is -2.13. The molecule has 0 bridgehead atoms. The summed E-state index contributed by atoms with van der Waals surface area (Å²) in [7, 11) is 0. The molecule has 23 heavy (non-hydrogen) atoms. The molecule has 3 heteroatoms. The van der Waals surface area contributed by atoms with Crippen LogP contribution < -0.4 is 0 Å². The number of Topliss-reactive ketones (excluding diaryl/α,β-unsaturated/α-hetero) is 1. The average molecular weight is 317 g/mol. The van der Waals surface area contributed by atoms with Gasteiger partial charge in [0.05, 0.1) is 10.8 Å². The summed E-state index contributed by atoms with van der Waals surface area (Å²) in [5.41, 5.74) is 3.11. The van der Waals surface area contributed by atoms with E-state index < -0.39 is 0 Å². The summed E-state index contributed by atoms with van der Waals surface area (Å²) >= 11 is 1.50.